The summed E-state index contributed by atoms with van der Waals surface area (Å²) in [4.78, 5) is 16.0. The third-order valence-corrected chi connectivity index (χ3v) is 5.08. The molecule has 0 bridgehead atoms. The van der Waals surface area contributed by atoms with Crippen LogP contribution in [0.1, 0.15) is 35.1 Å². The van der Waals surface area contributed by atoms with Gasteiger partial charge in [0, 0.05) is 29.1 Å². The fraction of sp³-hybridized carbons (Fsp3) is 0.368. The number of ketones is 1. The van der Waals surface area contributed by atoms with Gasteiger partial charge in [-0.3, -0.25) is 9.20 Å². The number of aliphatic hydroxyl groups excluding tert-OH is 1. The Morgan fingerprint density at radius 3 is 2.70 bits per heavy atom. The maximum atomic E-state index is 11.6. The lowest BCUT2D eigenvalue weighted by Gasteiger charge is -2.12. The van der Waals surface area contributed by atoms with Gasteiger partial charge in [-0.15, -0.1) is 10.2 Å². The zero-order valence-corrected chi connectivity index (χ0v) is 16.4. The number of aromatic nitrogens is 4. The summed E-state index contributed by atoms with van der Waals surface area (Å²) in [6.07, 6.45) is -0.194. The number of thioether (sulfide) groups is 1. The molecule has 1 N–H and O–H groups in total. The van der Waals surface area contributed by atoms with Crippen molar-refractivity contribution in [3.8, 4) is 5.75 Å². The maximum Gasteiger partial charge on any atom is 0.256 e. The molecule has 0 aliphatic rings. The molecule has 0 fully saturated rings. The molecule has 0 spiro atoms. The van der Waals surface area contributed by atoms with Crippen LogP contribution < -0.4 is 4.74 Å². The molecule has 1 atom stereocenters. The Balaban J connectivity index is 1.54. The van der Waals surface area contributed by atoms with Gasteiger partial charge in [-0.1, -0.05) is 18.7 Å². The van der Waals surface area contributed by atoms with E-state index in [0.717, 1.165) is 11.4 Å². The summed E-state index contributed by atoms with van der Waals surface area (Å²) in [7, 11) is 0. The Labute approximate surface area is 161 Å². The Morgan fingerprint density at radius 2 is 2.00 bits per heavy atom. The van der Waals surface area contributed by atoms with Gasteiger partial charge in [0.1, 0.15) is 12.4 Å². The van der Waals surface area contributed by atoms with Gasteiger partial charge in [0.2, 0.25) is 0 Å². The lowest BCUT2D eigenvalue weighted by atomic mass is 10.1. The molecule has 8 heteroatoms. The van der Waals surface area contributed by atoms with E-state index in [1.165, 1.54) is 11.8 Å². The normalized spacial score (nSPS) is 12.3. The Bertz CT molecular complexity index is 940. The number of aryl methyl sites for hydroxylation is 2. The zero-order chi connectivity index (χ0) is 19.4. The van der Waals surface area contributed by atoms with Gasteiger partial charge < -0.3 is 9.84 Å². The summed E-state index contributed by atoms with van der Waals surface area (Å²) in [5.74, 6) is 1.69. The second-order valence-corrected chi connectivity index (χ2v) is 7.22. The molecular formula is C19H22N4O3S. The number of aliphatic hydroxyl groups is 1. The summed E-state index contributed by atoms with van der Waals surface area (Å²) in [6.45, 7) is 5.88. The highest BCUT2D eigenvalue weighted by molar-refractivity contribution is 7.99. The minimum Gasteiger partial charge on any atom is -0.491 e. The van der Waals surface area contributed by atoms with E-state index in [-0.39, 0.29) is 12.4 Å². The molecule has 3 aromatic rings. The zero-order valence-electron chi connectivity index (χ0n) is 15.5. The molecule has 0 radical (unpaired) electrons. The second kappa shape index (κ2) is 8.49. The monoisotopic (exact) mass is 386 g/mol. The lowest BCUT2D eigenvalue weighted by Crippen LogP contribution is -2.20. The predicted molar refractivity (Wildman–Crippen MR) is 104 cm³/mol. The molecule has 2 heterocycles. The molecular weight excluding hydrogens is 364 g/mol. The largest absolute Gasteiger partial charge is 0.491 e. The van der Waals surface area contributed by atoms with E-state index in [1.807, 2.05) is 31.2 Å². The van der Waals surface area contributed by atoms with Gasteiger partial charge in [-0.2, -0.15) is 0 Å². The fourth-order valence-electron chi connectivity index (χ4n) is 2.65. The minimum absolute atomic E-state index is 0.0958. The quantitative estimate of drug-likeness (QED) is 0.470. The summed E-state index contributed by atoms with van der Waals surface area (Å²) < 4.78 is 7.47. The number of hydrogen-bond donors (Lipinski definition) is 1. The van der Waals surface area contributed by atoms with Crippen LogP contribution in [0, 0.1) is 13.8 Å². The summed E-state index contributed by atoms with van der Waals surface area (Å²) in [5.41, 5.74) is 2.56. The third kappa shape index (κ3) is 4.64. The second-order valence-electron chi connectivity index (χ2n) is 6.23. The molecule has 0 saturated heterocycles. The van der Waals surface area contributed by atoms with Crippen LogP contribution >= 0.6 is 11.8 Å². The average Bonchev–Trinajstić information content (AvgIpc) is 3.07. The van der Waals surface area contributed by atoms with E-state index in [9.17, 15) is 9.90 Å². The van der Waals surface area contributed by atoms with E-state index in [2.05, 4.69) is 15.2 Å². The first-order chi connectivity index (χ1) is 13.0. The van der Waals surface area contributed by atoms with Gasteiger partial charge in [-0.25, -0.2) is 4.98 Å². The van der Waals surface area contributed by atoms with Crippen LogP contribution in [0.3, 0.4) is 0 Å². The van der Waals surface area contributed by atoms with Crippen molar-refractivity contribution in [3.63, 3.8) is 0 Å². The number of rotatable bonds is 8. The third-order valence-electron chi connectivity index (χ3n) is 4.01. The SMILES string of the molecule is CCC(=O)c1ccc(OC[C@@H](O)CSc2nnc3nc(C)cc(C)n23)cc1. The van der Waals surface area contributed by atoms with Crippen molar-refractivity contribution in [1.82, 2.24) is 19.6 Å². The lowest BCUT2D eigenvalue weighted by molar-refractivity contribution is 0.0987. The van der Waals surface area contributed by atoms with Crippen molar-refractivity contribution in [2.24, 2.45) is 0 Å². The molecule has 142 valence electrons. The number of benzene rings is 1. The van der Waals surface area contributed by atoms with Crippen LogP contribution in [0.25, 0.3) is 5.78 Å². The van der Waals surface area contributed by atoms with Crippen molar-refractivity contribution in [2.75, 3.05) is 12.4 Å². The standard InChI is InChI=1S/C19H22N4O3S/c1-4-17(25)14-5-7-16(8-6-14)26-10-15(24)11-27-19-22-21-18-20-12(2)9-13(3)23(18)19/h5-9,15,24H,4,10-11H2,1-3H3/t15-/m1/s1. The summed E-state index contributed by atoms with van der Waals surface area (Å²) in [5, 5.41) is 19.1. The topological polar surface area (TPSA) is 89.6 Å². The van der Waals surface area contributed by atoms with Gasteiger partial charge in [0.05, 0.1) is 6.10 Å². The van der Waals surface area contributed by atoms with Crippen molar-refractivity contribution >= 4 is 23.3 Å². The van der Waals surface area contributed by atoms with Gasteiger partial charge >= 0.3 is 0 Å². The Morgan fingerprint density at radius 1 is 1.26 bits per heavy atom. The molecule has 0 amide bonds. The molecule has 1 aromatic carbocycles. The first kappa shape index (κ1) is 19.3. The summed E-state index contributed by atoms with van der Waals surface area (Å²) in [6, 6.07) is 8.93. The van der Waals surface area contributed by atoms with Crippen molar-refractivity contribution < 1.29 is 14.6 Å². The summed E-state index contributed by atoms with van der Waals surface area (Å²) >= 11 is 1.40. The predicted octanol–water partition coefficient (Wildman–Crippen LogP) is 2.87. The highest BCUT2D eigenvalue weighted by Gasteiger charge is 2.13. The van der Waals surface area contributed by atoms with Crippen LogP contribution in [0.15, 0.2) is 35.5 Å². The van der Waals surface area contributed by atoms with E-state index >= 15 is 0 Å². The molecule has 7 nitrogen and oxygen atoms in total. The van der Waals surface area contributed by atoms with Gasteiger partial charge in [0.25, 0.3) is 5.78 Å². The van der Waals surface area contributed by atoms with Crippen molar-refractivity contribution in [1.29, 1.82) is 0 Å². The van der Waals surface area contributed by atoms with Crippen LogP contribution in [0.4, 0.5) is 0 Å². The van der Waals surface area contributed by atoms with Gasteiger partial charge in [-0.05, 0) is 44.2 Å². The van der Waals surface area contributed by atoms with E-state index in [1.54, 1.807) is 24.3 Å². The van der Waals surface area contributed by atoms with Crippen LogP contribution in [-0.2, 0) is 0 Å². The Hall–Kier alpha value is -2.45. The first-order valence-electron chi connectivity index (χ1n) is 8.74. The van der Waals surface area contributed by atoms with Crippen LogP contribution in [-0.4, -0.2) is 48.9 Å². The fourth-order valence-corrected chi connectivity index (χ4v) is 3.54. The molecule has 0 saturated carbocycles. The van der Waals surface area contributed by atoms with Crippen LogP contribution in [0.2, 0.25) is 0 Å². The van der Waals surface area contributed by atoms with Crippen molar-refractivity contribution in [2.45, 2.75) is 38.5 Å². The molecule has 27 heavy (non-hydrogen) atoms. The highest BCUT2D eigenvalue weighted by atomic mass is 32.2. The molecule has 0 unspecified atom stereocenters. The number of nitrogens with zero attached hydrogens (tertiary/aromatic N) is 4. The highest BCUT2D eigenvalue weighted by Crippen LogP contribution is 2.20. The number of ether oxygens (including phenoxy) is 1. The number of carbonyl (C=O) groups is 1. The van der Waals surface area contributed by atoms with Gasteiger partial charge in [0.15, 0.2) is 10.9 Å². The average molecular weight is 386 g/mol. The number of fused-ring (bicyclic) bond motifs is 1. The maximum absolute atomic E-state index is 11.6. The van der Waals surface area contributed by atoms with E-state index < -0.39 is 6.10 Å². The van der Waals surface area contributed by atoms with Crippen LogP contribution in [0.5, 0.6) is 5.75 Å². The molecule has 2 aromatic heterocycles. The Kier molecular flexibility index (Phi) is 6.08. The van der Waals surface area contributed by atoms with E-state index in [4.69, 9.17) is 4.74 Å². The van der Waals surface area contributed by atoms with E-state index in [0.29, 0.717) is 34.4 Å². The van der Waals surface area contributed by atoms with Crippen molar-refractivity contribution in [3.05, 3.63) is 47.3 Å². The first-order valence-corrected chi connectivity index (χ1v) is 9.72. The smallest absolute Gasteiger partial charge is 0.256 e. The molecule has 3 rings (SSSR count). The number of Topliss-reactive ketones (excluding diaryl/α,β-unsaturated/α-hetero) is 1. The number of hydrogen-bond acceptors (Lipinski definition) is 7. The minimum atomic E-state index is -0.669. The molecule has 0 aliphatic heterocycles. The molecule has 0 aliphatic carbocycles. The number of carbonyl (C=O) groups excluding carboxylic acids is 1.